The summed E-state index contributed by atoms with van der Waals surface area (Å²) in [6.45, 7) is 16.1. The standard InChI is InChI=1S/C27H35NO7/c1-9-28(10-2)20-14-11-18(12-15-20)23(29)19-13-16-21(24(30)32-34-26(3,4)5)22(17-19)25(31)33-35-27(6,7)8/h11-17H,9-10H2,1-8H3. The highest BCUT2D eigenvalue weighted by molar-refractivity contribution is 6.11. The number of hydrogen-bond acceptors (Lipinski definition) is 8. The van der Waals surface area contributed by atoms with E-state index in [1.54, 1.807) is 53.7 Å². The Morgan fingerprint density at radius 2 is 1.14 bits per heavy atom. The minimum atomic E-state index is -0.936. The van der Waals surface area contributed by atoms with E-state index in [0.717, 1.165) is 18.8 Å². The highest BCUT2D eigenvalue weighted by Gasteiger charge is 2.26. The van der Waals surface area contributed by atoms with Gasteiger partial charge in [0, 0.05) is 29.9 Å². The highest BCUT2D eigenvalue weighted by atomic mass is 17.2. The first kappa shape index (κ1) is 28.0. The average Bonchev–Trinajstić information content (AvgIpc) is 2.80. The molecule has 0 heterocycles. The van der Waals surface area contributed by atoms with Crippen molar-refractivity contribution in [2.75, 3.05) is 18.0 Å². The molecule has 0 radical (unpaired) electrons. The second-order valence-electron chi connectivity index (χ2n) is 9.94. The van der Waals surface area contributed by atoms with Gasteiger partial charge in [0.05, 0.1) is 11.1 Å². The zero-order valence-electron chi connectivity index (χ0n) is 21.8. The van der Waals surface area contributed by atoms with Crippen molar-refractivity contribution in [2.45, 2.75) is 66.6 Å². The topological polar surface area (TPSA) is 91.4 Å². The Morgan fingerprint density at radius 3 is 1.60 bits per heavy atom. The zero-order chi connectivity index (χ0) is 26.4. The number of anilines is 1. The van der Waals surface area contributed by atoms with Crippen LogP contribution in [0, 0.1) is 0 Å². The molecule has 0 amide bonds. The quantitative estimate of drug-likeness (QED) is 0.260. The molecule has 8 nitrogen and oxygen atoms in total. The average molecular weight is 486 g/mol. The molecule has 35 heavy (non-hydrogen) atoms. The number of carbonyl (C=O) groups is 3. The Labute approximate surface area is 207 Å². The smallest absolute Gasteiger partial charge is 0.372 e. The van der Waals surface area contributed by atoms with E-state index in [4.69, 9.17) is 19.6 Å². The van der Waals surface area contributed by atoms with Crippen molar-refractivity contribution in [3.05, 3.63) is 64.7 Å². The summed E-state index contributed by atoms with van der Waals surface area (Å²) in [6.07, 6.45) is 0. The van der Waals surface area contributed by atoms with E-state index in [2.05, 4.69) is 18.7 Å². The maximum absolute atomic E-state index is 13.2. The highest BCUT2D eigenvalue weighted by Crippen LogP contribution is 2.22. The molecular weight excluding hydrogens is 450 g/mol. The lowest BCUT2D eigenvalue weighted by Gasteiger charge is -2.21. The van der Waals surface area contributed by atoms with Crippen LogP contribution in [-0.2, 0) is 19.6 Å². The minimum absolute atomic E-state index is 0.120. The first-order valence-corrected chi connectivity index (χ1v) is 11.6. The Hall–Kier alpha value is -3.23. The summed E-state index contributed by atoms with van der Waals surface area (Å²) >= 11 is 0. The van der Waals surface area contributed by atoms with E-state index in [-0.39, 0.29) is 22.5 Å². The van der Waals surface area contributed by atoms with Gasteiger partial charge in [-0.2, -0.15) is 9.78 Å². The molecule has 0 saturated carbocycles. The summed E-state index contributed by atoms with van der Waals surface area (Å²) in [4.78, 5) is 60.8. The van der Waals surface area contributed by atoms with Crippen molar-refractivity contribution >= 4 is 23.4 Å². The van der Waals surface area contributed by atoms with Crippen LogP contribution in [0.2, 0.25) is 0 Å². The third-order valence-electron chi connectivity index (χ3n) is 4.71. The van der Waals surface area contributed by atoms with Crippen LogP contribution >= 0.6 is 0 Å². The van der Waals surface area contributed by atoms with Gasteiger partial charge in [0.25, 0.3) is 0 Å². The van der Waals surface area contributed by atoms with Gasteiger partial charge in [-0.25, -0.2) is 9.59 Å². The number of carbonyl (C=O) groups excluding carboxylic acids is 3. The summed E-state index contributed by atoms with van der Waals surface area (Å²) in [5, 5.41) is 0. The largest absolute Gasteiger partial charge is 0.374 e. The lowest BCUT2D eigenvalue weighted by Crippen LogP contribution is -2.25. The monoisotopic (exact) mass is 485 g/mol. The van der Waals surface area contributed by atoms with Crippen molar-refractivity contribution < 1.29 is 33.9 Å². The summed E-state index contributed by atoms with van der Waals surface area (Å²) in [5.74, 6) is -2.15. The normalized spacial score (nSPS) is 11.7. The molecule has 0 fully saturated rings. The molecule has 2 rings (SSSR count). The van der Waals surface area contributed by atoms with Crippen LogP contribution < -0.4 is 4.90 Å². The van der Waals surface area contributed by atoms with Gasteiger partial charge in [-0.1, -0.05) is 6.07 Å². The van der Waals surface area contributed by atoms with Crippen molar-refractivity contribution in [3.63, 3.8) is 0 Å². The molecule has 0 N–H and O–H groups in total. The molecule has 0 atom stereocenters. The van der Waals surface area contributed by atoms with Crippen LogP contribution in [0.1, 0.15) is 92.0 Å². The van der Waals surface area contributed by atoms with Crippen molar-refractivity contribution in [1.29, 1.82) is 0 Å². The van der Waals surface area contributed by atoms with Gasteiger partial charge in [-0.15, -0.1) is 0 Å². The van der Waals surface area contributed by atoms with E-state index >= 15 is 0 Å². The Balaban J connectivity index is 2.39. The zero-order valence-corrected chi connectivity index (χ0v) is 21.8. The molecule has 0 aromatic heterocycles. The van der Waals surface area contributed by atoms with Crippen LogP contribution in [-0.4, -0.2) is 42.0 Å². The van der Waals surface area contributed by atoms with Crippen LogP contribution in [0.5, 0.6) is 0 Å². The first-order chi connectivity index (χ1) is 16.3. The fraction of sp³-hybridized carbons (Fsp3) is 0.444. The van der Waals surface area contributed by atoms with Crippen molar-refractivity contribution in [2.24, 2.45) is 0 Å². The number of nitrogens with zero attached hydrogens (tertiary/aromatic N) is 1. The van der Waals surface area contributed by atoms with E-state index in [0.29, 0.717) is 5.56 Å². The fourth-order valence-corrected chi connectivity index (χ4v) is 3.03. The fourth-order valence-electron chi connectivity index (χ4n) is 3.03. The molecule has 8 heteroatoms. The summed E-state index contributed by atoms with van der Waals surface area (Å²) in [7, 11) is 0. The molecule has 0 spiro atoms. The molecule has 0 aliphatic heterocycles. The molecule has 0 aliphatic carbocycles. The van der Waals surface area contributed by atoms with Crippen molar-refractivity contribution in [1.82, 2.24) is 0 Å². The van der Waals surface area contributed by atoms with Crippen molar-refractivity contribution in [3.8, 4) is 0 Å². The summed E-state index contributed by atoms with van der Waals surface area (Å²) in [5.41, 5.74) is -0.168. The molecular formula is C27H35NO7. The Bertz CT molecular complexity index is 1040. The van der Waals surface area contributed by atoms with Crippen LogP contribution in [0.25, 0.3) is 0 Å². The van der Waals surface area contributed by atoms with Crippen LogP contribution in [0.3, 0.4) is 0 Å². The van der Waals surface area contributed by atoms with E-state index in [9.17, 15) is 14.4 Å². The van der Waals surface area contributed by atoms with E-state index < -0.39 is 23.1 Å². The third-order valence-corrected chi connectivity index (χ3v) is 4.71. The number of benzene rings is 2. The number of hydrogen-bond donors (Lipinski definition) is 0. The molecule has 0 unspecified atom stereocenters. The van der Waals surface area contributed by atoms with E-state index in [1.807, 2.05) is 12.1 Å². The minimum Gasteiger partial charge on any atom is -0.372 e. The number of rotatable bonds is 9. The van der Waals surface area contributed by atoms with Gasteiger partial charge >= 0.3 is 11.9 Å². The maximum Gasteiger partial charge on any atom is 0.374 e. The van der Waals surface area contributed by atoms with Gasteiger partial charge in [0.1, 0.15) is 11.2 Å². The van der Waals surface area contributed by atoms with Gasteiger partial charge in [-0.05, 0) is 91.8 Å². The van der Waals surface area contributed by atoms with Gasteiger partial charge in [-0.3, -0.25) is 14.6 Å². The molecule has 0 aliphatic rings. The predicted octanol–water partition coefficient (Wildman–Crippen LogP) is 5.54. The molecule has 190 valence electrons. The molecule has 2 aromatic rings. The molecule has 0 saturated heterocycles. The SMILES string of the molecule is CCN(CC)c1ccc(C(=O)c2ccc(C(=O)OOC(C)(C)C)c(C(=O)OOC(C)(C)C)c2)cc1. The summed E-state index contributed by atoms with van der Waals surface area (Å²) in [6, 6.07) is 11.3. The first-order valence-electron chi connectivity index (χ1n) is 11.6. The predicted molar refractivity (Wildman–Crippen MR) is 132 cm³/mol. The van der Waals surface area contributed by atoms with Gasteiger partial charge in [0.15, 0.2) is 5.78 Å². The lowest BCUT2D eigenvalue weighted by atomic mass is 9.98. The Kier molecular flexibility index (Phi) is 9.18. The third kappa shape index (κ3) is 8.19. The number of ketones is 1. The second-order valence-corrected chi connectivity index (χ2v) is 9.94. The Morgan fingerprint density at radius 1 is 0.686 bits per heavy atom. The van der Waals surface area contributed by atoms with Crippen LogP contribution in [0.4, 0.5) is 5.69 Å². The maximum atomic E-state index is 13.2. The lowest BCUT2D eigenvalue weighted by molar-refractivity contribution is -0.302. The summed E-state index contributed by atoms with van der Waals surface area (Å²) < 4.78 is 0. The van der Waals surface area contributed by atoms with Gasteiger partial charge in [0.2, 0.25) is 0 Å². The second kappa shape index (κ2) is 11.5. The van der Waals surface area contributed by atoms with E-state index in [1.165, 1.54) is 18.2 Å². The van der Waals surface area contributed by atoms with Gasteiger partial charge < -0.3 is 4.90 Å². The molecule has 2 aromatic carbocycles. The van der Waals surface area contributed by atoms with Crippen LogP contribution in [0.15, 0.2) is 42.5 Å². The molecule has 0 bridgehead atoms.